The van der Waals surface area contributed by atoms with Gasteiger partial charge in [0.2, 0.25) is 5.91 Å². The maximum atomic E-state index is 11.8. The molecule has 2 N–H and O–H groups in total. The number of rotatable bonds is 5. The van der Waals surface area contributed by atoms with Crippen molar-refractivity contribution in [2.45, 2.75) is 13.0 Å². The number of nitrogens with one attached hydrogen (secondary N) is 1. The molecule has 0 aliphatic heterocycles. The molecule has 0 aliphatic rings. The Hall–Kier alpha value is -2.96. The van der Waals surface area contributed by atoms with Gasteiger partial charge < -0.3 is 15.0 Å². The highest BCUT2D eigenvalue weighted by molar-refractivity contribution is 5.93. The van der Waals surface area contributed by atoms with Crippen molar-refractivity contribution >= 4 is 17.6 Å². The first-order valence-electron chi connectivity index (χ1n) is 6.20. The Morgan fingerprint density at radius 3 is 2.81 bits per heavy atom. The molecule has 7 heteroatoms. The summed E-state index contributed by atoms with van der Waals surface area (Å²) in [6.07, 6.45) is 4.25. The number of carboxylic acid groups (broad SMARTS) is 1. The molecule has 2 heterocycles. The Morgan fingerprint density at radius 2 is 2.10 bits per heavy atom. The molecular formula is C14H13N3O4. The van der Waals surface area contributed by atoms with E-state index in [1.54, 1.807) is 18.3 Å². The van der Waals surface area contributed by atoms with E-state index in [0.717, 1.165) is 0 Å². The predicted octanol–water partition coefficient (Wildman–Crippen LogP) is 0.970. The van der Waals surface area contributed by atoms with Crippen molar-refractivity contribution in [3.05, 3.63) is 58.8 Å². The van der Waals surface area contributed by atoms with E-state index >= 15 is 0 Å². The van der Waals surface area contributed by atoms with Crippen LogP contribution in [0, 0.1) is 0 Å². The molecule has 2 aromatic rings. The summed E-state index contributed by atoms with van der Waals surface area (Å²) in [4.78, 5) is 37.8. The molecule has 0 saturated carbocycles. The van der Waals surface area contributed by atoms with Crippen LogP contribution in [0.2, 0.25) is 0 Å². The normalized spacial score (nSPS) is 10.1. The van der Waals surface area contributed by atoms with Gasteiger partial charge in [0.05, 0.1) is 17.4 Å². The third-order valence-corrected chi connectivity index (χ3v) is 2.75. The maximum absolute atomic E-state index is 11.8. The molecule has 2 rings (SSSR count). The van der Waals surface area contributed by atoms with Gasteiger partial charge in [0.1, 0.15) is 0 Å². The molecule has 0 fully saturated rings. The topological polar surface area (TPSA) is 101 Å². The Labute approximate surface area is 119 Å². The van der Waals surface area contributed by atoms with Crippen molar-refractivity contribution in [1.82, 2.24) is 9.55 Å². The largest absolute Gasteiger partial charge is 0.478 e. The summed E-state index contributed by atoms with van der Waals surface area (Å²) in [6, 6.07) is 6.07. The third kappa shape index (κ3) is 4.00. The molecule has 0 unspecified atom stereocenters. The van der Waals surface area contributed by atoms with E-state index in [9.17, 15) is 14.4 Å². The van der Waals surface area contributed by atoms with E-state index in [1.165, 1.54) is 29.1 Å². The van der Waals surface area contributed by atoms with Gasteiger partial charge in [-0.25, -0.2) is 4.79 Å². The molecule has 21 heavy (non-hydrogen) atoms. The van der Waals surface area contributed by atoms with Crippen molar-refractivity contribution < 1.29 is 14.7 Å². The van der Waals surface area contributed by atoms with E-state index in [-0.39, 0.29) is 30.0 Å². The van der Waals surface area contributed by atoms with Crippen LogP contribution in [0.3, 0.4) is 0 Å². The van der Waals surface area contributed by atoms with E-state index < -0.39 is 5.97 Å². The molecule has 0 saturated heterocycles. The highest BCUT2D eigenvalue weighted by Crippen LogP contribution is 2.08. The number of pyridine rings is 2. The van der Waals surface area contributed by atoms with Crippen LogP contribution in [0.25, 0.3) is 0 Å². The van der Waals surface area contributed by atoms with Gasteiger partial charge in [0, 0.05) is 31.4 Å². The van der Waals surface area contributed by atoms with Gasteiger partial charge in [-0.3, -0.25) is 14.6 Å². The van der Waals surface area contributed by atoms with Crippen LogP contribution in [0.1, 0.15) is 16.8 Å². The number of carbonyl (C=O) groups excluding carboxylic acids is 1. The molecule has 7 nitrogen and oxygen atoms in total. The average molecular weight is 287 g/mol. The van der Waals surface area contributed by atoms with Crippen molar-refractivity contribution in [3.8, 4) is 0 Å². The first-order valence-corrected chi connectivity index (χ1v) is 6.20. The molecular weight excluding hydrogens is 274 g/mol. The lowest BCUT2D eigenvalue weighted by molar-refractivity contribution is -0.116. The number of carboxylic acids is 1. The van der Waals surface area contributed by atoms with Crippen molar-refractivity contribution in [2.75, 3.05) is 5.32 Å². The summed E-state index contributed by atoms with van der Waals surface area (Å²) in [5.41, 5.74) is 0.118. The summed E-state index contributed by atoms with van der Waals surface area (Å²) >= 11 is 0. The number of nitrogens with zero attached hydrogens (tertiary/aromatic N) is 2. The molecule has 1 amide bonds. The van der Waals surface area contributed by atoms with Gasteiger partial charge in [-0.15, -0.1) is 0 Å². The highest BCUT2D eigenvalue weighted by atomic mass is 16.4. The second-order valence-electron chi connectivity index (χ2n) is 4.30. The number of aromatic carboxylic acids is 1. The van der Waals surface area contributed by atoms with Crippen LogP contribution < -0.4 is 10.9 Å². The van der Waals surface area contributed by atoms with Crippen LogP contribution in [0.4, 0.5) is 5.69 Å². The van der Waals surface area contributed by atoms with Crippen molar-refractivity contribution in [1.29, 1.82) is 0 Å². The predicted molar refractivity (Wildman–Crippen MR) is 75.1 cm³/mol. The highest BCUT2D eigenvalue weighted by Gasteiger charge is 2.07. The van der Waals surface area contributed by atoms with Gasteiger partial charge in [-0.1, -0.05) is 6.07 Å². The second kappa shape index (κ2) is 6.47. The lowest BCUT2D eigenvalue weighted by Crippen LogP contribution is -2.21. The summed E-state index contributed by atoms with van der Waals surface area (Å²) in [6.45, 7) is 0.248. The number of aromatic nitrogens is 2. The van der Waals surface area contributed by atoms with Gasteiger partial charge in [-0.2, -0.15) is 0 Å². The zero-order valence-electron chi connectivity index (χ0n) is 11.0. The summed E-state index contributed by atoms with van der Waals surface area (Å²) in [5.74, 6) is -1.44. The van der Waals surface area contributed by atoms with E-state index in [2.05, 4.69) is 10.3 Å². The summed E-state index contributed by atoms with van der Waals surface area (Å²) < 4.78 is 1.42. The van der Waals surface area contributed by atoms with Crippen LogP contribution in [-0.2, 0) is 11.3 Å². The molecule has 0 aliphatic carbocycles. The molecule has 2 aromatic heterocycles. The van der Waals surface area contributed by atoms with E-state index in [0.29, 0.717) is 5.69 Å². The number of aryl methyl sites for hydroxylation is 1. The minimum Gasteiger partial charge on any atom is -0.478 e. The Kier molecular flexibility index (Phi) is 4.45. The van der Waals surface area contributed by atoms with Gasteiger partial charge in [0.25, 0.3) is 5.56 Å². The summed E-state index contributed by atoms with van der Waals surface area (Å²) in [7, 11) is 0. The van der Waals surface area contributed by atoms with Gasteiger partial charge in [0.15, 0.2) is 0 Å². The SMILES string of the molecule is O=C(CCn1ccccc1=O)Nc1cncc(C(=O)O)c1. The van der Waals surface area contributed by atoms with Crippen LogP contribution in [-0.4, -0.2) is 26.5 Å². The molecule has 0 aromatic carbocycles. The smallest absolute Gasteiger partial charge is 0.337 e. The Morgan fingerprint density at radius 1 is 1.29 bits per heavy atom. The van der Waals surface area contributed by atoms with Crippen molar-refractivity contribution in [2.24, 2.45) is 0 Å². The quantitative estimate of drug-likeness (QED) is 0.853. The molecule has 0 atom stereocenters. The first-order chi connectivity index (χ1) is 10.1. The van der Waals surface area contributed by atoms with Crippen LogP contribution in [0.15, 0.2) is 47.7 Å². The standard InChI is InChI=1S/C14H13N3O4/c18-12(4-6-17-5-2-1-3-13(17)19)16-11-7-10(14(20)21)8-15-9-11/h1-3,5,7-9H,4,6H2,(H,16,18)(H,20,21). The molecule has 0 spiro atoms. The van der Waals surface area contributed by atoms with Crippen molar-refractivity contribution in [3.63, 3.8) is 0 Å². The van der Waals surface area contributed by atoms with E-state index in [1.807, 2.05) is 0 Å². The minimum atomic E-state index is -1.12. The Bertz CT molecular complexity index is 724. The van der Waals surface area contributed by atoms with E-state index in [4.69, 9.17) is 5.11 Å². The third-order valence-electron chi connectivity index (χ3n) is 2.75. The maximum Gasteiger partial charge on any atom is 0.337 e. The molecule has 108 valence electrons. The average Bonchev–Trinajstić information content (AvgIpc) is 2.46. The fourth-order valence-corrected chi connectivity index (χ4v) is 1.72. The number of anilines is 1. The minimum absolute atomic E-state index is 0.00733. The lowest BCUT2D eigenvalue weighted by Gasteiger charge is -2.07. The second-order valence-corrected chi connectivity index (χ2v) is 4.30. The zero-order chi connectivity index (χ0) is 15.2. The molecule has 0 bridgehead atoms. The number of hydrogen-bond acceptors (Lipinski definition) is 4. The fraction of sp³-hybridized carbons (Fsp3) is 0.143. The molecule has 0 radical (unpaired) electrons. The van der Waals surface area contributed by atoms with Crippen LogP contribution in [0.5, 0.6) is 0 Å². The lowest BCUT2D eigenvalue weighted by atomic mass is 10.2. The number of hydrogen-bond donors (Lipinski definition) is 2. The Balaban J connectivity index is 1.96. The monoisotopic (exact) mass is 287 g/mol. The zero-order valence-corrected chi connectivity index (χ0v) is 11.0. The van der Waals surface area contributed by atoms with Gasteiger partial charge >= 0.3 is 5.97 Å². The summed E-state index contributed by atoms with van der Waals surface area (Å²) in [5, 5.41) is 11.4. The number of amides is 1. The first kappa shape index (κ1) is 14.4. The fourth-order valence-electron chi connectivity index (χ4n) is 1.72. The van der Waals surface area contributed by atoms with Crippen LogP contribution >= 0.6 is 0 Å². The van der Waals surface area contributed by atoms with Gasteiger partial charge in [-0.05, 0) is 12.1 Å². The number of carbonyl (C=O) groups is 2.